The van der Waals surface area contributed by atoms with Gasteiger partial charge in [0.25, 0.3) is 0 Å². The van der Waals surface area contributed by atoms with Gasteiger partial charge in [0.1, 0.15) is 12.0 Å². The van der Waals surface area contributed by atoms with Crippen molar-refractivity contribution in [2.45, 2.75) is 20.3 Å². The van der Waals surface area contributed by atoms with Crippen LogP contribution >= 0.6 is 0 Å². The predicted molar refractivity (Wildman–Crippen MR) is 118 cm³/mol. The van der Waals surface area contributed by atoms with Gasteiger partial charge in [-0.2, -0.15) is 0 Å². The fourth-order valence-electron chi connectivity index (χ4n) is 3.41. The third-order valence-corrected chi connectivity index (χ3v) is 4.94. The van der Waals surface area contributed by atoms with Crippen LogP contribution < -0.4 is 16.0 Å². The van der Waals surface area contributed by atoms with Gasteiger partial charge in [-0.25, -0.2) is 14.8 Å². The molecule has 2 aromatic carbocycles. The summed E-state index contributed by atoms with van der Waals surface area (Å²) in [6, 6.07) is 15.3. The van der Waals surface area contributed by atoms with Crippen LogP contribution in [0.25, 0.3) is 0 Å². The molecule has 3 N–H and O–H groups in total. The molecule has 2 heterocycles. The lowest BCUT2D eigenvalue weighted by Crippen LogP contribution is -2.17. The Morgan fingerprint density at radius 3 is 2.70 bits per heavy atom. The lowest BCUT2D eigenvalue weighted by Gasteiger charge is -2.21. The zero-order chi connectivity index (χ0) is 21.1. The van der Waals surface area contributed by atoms with E-state index in [1.54, 1.807) is 24.3 Å². The molecule has 154 valence electrons. The summed E-state index contributed by atoms with van der Waals surface area (Å²) in [5.41, 5.74) is 10.6. The molecule has 7 heteroatoms. The van der Waals surface area contributed by atoms with E-state index in [-0.39, 0.29) is 5.97 Å². The molecule has 3 aromatic rings. The summed E-state index contributed by atoms with van der Waals surface area (Å²) in [7, 11) is 0. The van der Waals surface area contributed by atoms with Gasteiger partial charge in [-0.3, -0.25) is 0 Å². The maximum atomic E-state index is 12.1. The normalized spacial score (nSPS) is 12.7. The first-order chi connectivity index (χ1) is 14.5. The number of para-hydroxylation sites is 1. The number of nitrogens with one attached hydrogen (secondary N) is 1. The van der Waals surface area contributed by atoms with Crippen LogP contribution in [0.5, 0.6) is 0 Å². The Hall–Kier alpha value is -3.61. The fourth-order valence-corrected chi connectivity index (χ4v) is 3.41. The smallest absolute Gasteiger partial charge is 0.338 e. The Labute approximate surface area is 175 Å². The molecule has 0 spiro atoms. The van der Waals surface area contributed by atoms with Gasteiger partial charge >= 0.3 is 5.97 Å². The summed E-state index contributed by atoms with van der Waals surface area (Å²) in [5, 5.41) is 3.22. The van der Waals surface area contributed by atoms with Crippen LogP contribution in [0.4, 0.5) is 28.7 Å². The van der Waals surface area contributed by atoms with Crippen molar-refractivity contribution in [3.63, 3.8) is 0 Å². The first-order valence-corrected chi connectivity index (χ1v) is 10.0. The summed E-state index contributed by atoms with van der Waals surface area (Å²) in [4.78, 5) is 22.9. The summed E-state index contributed by atoms with van der Waals surface area (Å²) in [6.45, 7) is 5.23. The summed E-state index contributed by atoms with van der Waals surface area (Å²) >= 11 is 0. The van der Waals surface area contributed by atoms with E-state index in [0.29, 0.717) is 35.4 Å². The number of anilines is 5. The van der Waals surface area contributed by atoms with E-state index in [1.807, 2.05) is 26.0 Å². The molecular weight excluding hydrogens is 378 g/mol. The highest BCUT2D eigenvalue weighted by atomic mass is 16.5. The lowest BCUT2D eigenvalue weighted by molar-refractivity contribution is 0.0459. The number of benzene rings is 2. The number of rotatable bonds is 6. The Bertz CT molecular complexity index is 1050. The molecule has 0 unspecified atom stereocenters. The molecule has 0 radical (unpaired) electrons. The van der Waals surface area contributed by atoms with E-state index >= 15 is 0 Å². The van der Waals surface area contributed by atoms with E-state index in [9.17, 15) is 4.79 Å². The monoisotopic (exact) mass is 403 g/mol. The summed E-state index contributed by atoms with van der Waals surface area (Å²) in [6.07, 6.45) is 2.46. The molecule has 30 heavy (non-hydrogen) atoms. The average Bonchev–Trinajstić information content (AvgIpc) is 3.18. The van der Waals surface area contributed by atoms with Crippen molar-refractivity contribution in [2.24, 2.45) is 5.92 Å². The summed E-state index contributed by atoms with van der Waals surface area (Å²) in [5.74, 6) is 1.19. The van der Waals surface area contributed by atoms with E-state index in [0.717, 1.165) is 24.3 Å². The molecule has 0 bridgehead atoms. The molecule has 0 saturated carbocycles. The third kappa shape index (κ3) is 4.05. The van der Waals surface area contributed by atoms with Gasteiger partial charge in [-0.15, -0.1) is 0 Å². The topological polar surface area (TPSA) is 93.4 Å². The standard InChI is InChI=1S/C23H25N5O2/c1-15(2)13-30-23(29)17-7-9-18(10-8-17)27-21-20(24)22(26-14-25-21)28-12-11-16-5-3-4-6-19(16)28/h3-10,14-15H,11-13,24H2,1-2H3,(H,25,26,27). The van der Waals surface area contributed by atoms with Crippen LogP contribution in [-0.4, -0.2) is 29.1 Å². The van der Waals surface area contributed by atoms with E-state index in [2.05, 4.69) is 32.3 Å². The maximum Gasteiger partial charge on any atom is 0.338 e. The van der Waals surface area contributed by atoms with Crippen molar-refractivity contribution in [3.8, 4) is 0 Å². The van der Waals surface area contributed by atoms with E-state index in [1.165, 1.54) is 11.9 Å². The van der Waals surface area contributed by atoms with Crippen LogP contribution in [0.3, 0.4) is 0 Å². The number of ether oxygens (including phenoxy) is 1. The number of esters is 1. The molecular formula is C23H25N5O2. The highest BCUT2D eigenvalue weighted by Gasteiger charge is 2.24. The molecule has 1 aliphatic rings. The SMILES string of the molecule is CC(C)COC(=O)c1ccc(Nc2ncnc(N3CCc4ccccc43)c2N)cc1. The third-order valence-electron chi connectivity index (χ3n) is 4.94. The average molecular weight is 403 g/mol. The fraction of sp³-hybridized carbons (Fsp3) is 0.261. The minimum atomic E-state index is -0.327. The highest BCUT2D eigenvalue weighted by molar-refractivity contribution is 5.90. The van der Waals surface area contributed by atoms with Crippen molar-refractivity contribution in [2.75, 3.05) is 29.1 Å². The van der Waals surface area contributed by atoms with Crippen molar-refractivity contribution in [1.29, 1.82) is 0 Å². The van der Waals surface area contributed by atoms with Crippen molar-refractivity contribution >= 4 is 34.7 Å². The van der Waals surface area contributed by atoms with E-state index in [4.69, 9.17) is 10.5 Å². The molecule has 0 fully saturated rings. The number of nitrogen functional groups attached to an aromatic ring is 1. The quantitative estimate of drug-likeness (QED) is 0.592. The lowest BCUT2D eigenvalue weighted by atomic mass is 10.2. The highest BCUT2D eigenvalue weighted by Crippen LogP contribution is 2.38. The Kier molecular flexibility index (Phi) is 5.52. The number of hydrogen-bond donors (Lipinski definition) is 2. The molecule has 0 atom stereocenters. The molecule has 1 aliphatic heterocycles. The molecule has 7 nitrogen and oxygen atoms in total. The molecule has 0 amide bonds. The summed E-state index contributed by atoms with van der Waals surface area (Å²) < 4.78 is 5.26. The largest absolute Gasteiger partial charge is 0.462 e. The zero-order valence-corrected chi connectivity index (χ0v) is 17.1. The zero-order valence-electron chi connectivity index (χ0n) is 17.1. The number of nitrogens with two attached hydrogens (primary N) is 1. The molecule has 0 aliphatic carbocycles. The Morgan fingerprint density at radius 1 is 1.17 bits per heavy atom. The van der Waals surface area contributed by atoms with Crippen LogP contribution in [0, 0.1) is 5.92 Å². The van der Waals surface area contributed by atoms with Crippen LogP contribution in [0.1, 0.15) is 29.8 Å². The predicted octanol–water partition coefficient (Wildman–Crippen LogP) is 4.31. The minimum Gasteiger partial charge on any atom is -0.462 e. The van der Waals surface area contributed by atoms with Crippen LogP contribution in [-0.2, 0) is 11.2 Å². The van der Waals surface area contributed by atoms with Crippen molar-refractivity contribution in [1.82, 2.24) is 9.97 Å². The second kappa shape index (κ2) is 8.41. The van der Waals surface area contributed by atoms with Crippen molar-refractivity contribution in [3.05, 3.63) is 66.0 Å². The number of fused-ring (bicyclic) bond motifs is 1. The van der Waals surface area contributed by atoms with Gasteiger partial charge in [-0.1, -0.05) is 32.0 Å². The number of carbonyl (C=O) groups is 1. The molecule has 0 saturated heterocycles. The van der Waals surface area contributed by atoms with Crippen LogP contribution in [0.2, 0.25) is 0 Å². The second-order valence-corrected chi connectivity index (χ2v) is 7.68. The van der Waals surface area contributed by atoms with Gasteiger partial charge in [0, 0.05) is 17.9 Å². The first kappa shape index (κ1) is 19.7. The maximum absolute atomic E-state index is 12.1. The van der Waals surface area contributed by atoms with Gasteiger partial charge in [0.2, 0.25) is 0 Å². The number of aromatic nitrogens is 2. The number of carbonyl (C=O) groups excluding carboxylic acids is 1. The Balaban J connectivity index is 1.51. The molecule has 4 rings (SSSR count). The minimum absolute atomic E-state index is 0.299. The van der Waals surface area contributed by atoms with Crippen molar-refractivity contribution < 1.29 is 9.53 Å². The van der Waals surface area contributed by atoms with Gasteiger partial charge in [0.15, 0.2) is 11.6 Å². The first-order valence-electron chi connectivity index (χ1n) is 10.0. The van der Waals surface area contributed by atoms with Gasteiger partial charge in [-0.05, 0) is 48.2 Å². The molecule has 1 aromatic heterocycles. The van der Waals surface area contributed by atoms with Crippen LogP contribution in [0.15, 0.2) is 54.9 Å². The number of hydrogen-bond acceptors (Lipinski definition) is 7. The Morgan fingerprint density at radius 2 is 1.93 bits per heavy atom. The van der Waals surface area contributed by atoms with E-state index < -0.39 is 0 Å². The van der Waals surface area contributed by atoms with Gasteiger partial charge in [0.05, 0.1) is 12.2 Å². The van der Waals surface area contributed by atoms with Gasteiger partial charge < -0.3 is 20.7 Å². The number of nitrogens with zero attached hydrogens (tertiary/aromatic N) is 3. The second-order valence-electron chi connectivity index (χ2n) is 7.68.